The maximum Gasteiger partial charge on any atom is 0.245 e. The predicted molar refractivity (Wildman–Crippen MR) is 104 cm³/mol. The largest absolute Gasteiger partial charge is 0.371 e. The average Bonchev–Trinajstić information content (AvgIpc) is 3.09. The summed E-state index contributed by atoms with van der Waals surface area (Å²) < 4.78 is 34.7. The van der Waals surface area contributed by atoms with Gasteiger partial charge in [0.2, 0.25) is 10.0 Å². The van der Waals surface area contributed by atoms with Gasteiger partial charge in [-0.3, -0.25) is 0 Å². The lowest BCUT2D eigenvalue weighted by molar-refractivity contribution is -0.0563. The van der Waals surface area contributed by atoms with Gasteiger partial charge in [-0.1, -0.05) is 17.7 Å². The van der Waals surface area contributed by atoms with Gasteiger partial charge < -0.3 is 4.74 Å². The van der Waals surface area contributed by atoms with Gasteiger partial charge in [0.15, 0.2) is 4.20 Å². The number of thioether (sulfide) groups is 2. The molecule has 0 bridgehead atoms. The highest BCUT2D eigenvalue weighted by Gasteiger charge is 2.63. The fraction of sp³-hybridized carbons (Fsp3) is 0.667. The Morgan fingerprint density at radius 1 is 1.04 bits per heavy atom. The van der Waals surface area contributed by atoms with Gasteiger partial charge in [-0.2, -0.15) is 4.31 Å². The molecular formula is C18H25NO3S3. The molecule has 3 fully saturated rings. The Morgan fingerprint density at radius 3 is 2.36 bits per heavy atom. The van der Waals surface area contributed by atoms with Gasteiger partial charge in [-0.25, -0.2) is 8.42 Å². The molecule has 4 rings (SSSR count). The van der Waals surface area contributed by atoms with Crippen molar-refractivity contribution in [2.75, 3.05) is 24.7 Å². The molecular weight excluding hydrogens is 374 g/mol. The molecule has 0 amide bonds. The SMILES string of the molecule is Cc1ccc(S(=O)(=O)N2CCCC3(CCCO3)C23SCCCS3)cc1. The molecule has 3 aliphatic rings. The number of rotatable bonds is 2. The lowest BCUT2D eigenvalue weighted by Gasteiger charge is -2.56. The number of hydrogen-bond acceptors (Lipinski definition) is 5. The minimum Gasteiger partial charge on any atom is -0.371 e. The molecule has 2 spiro atoms. The zero-order valence-corrected chi connectivity index (χ0v) is 17.0. The summed E-state index contributed by atoms with van der Waals surface area (Å²) in [6.45, 7) is 3.32. The van der Waals surface area contributed by atoms with Crippen molar-refractivity contribution in [1.82, 2.24) is 4.31 Å². The van der Waals surface area contributed by atoms with Crippen molar-refractivity contribution in [1.29, 1.82) is 0 Å². The summed E-state index contributed by atoms with van der Waals surface area (Å²) in [4.78, 5) is 0.402. The monoisotopic (exact) mass is 399 g/mol. The standard InChI is InChI=1S/C18H25NO3S3/c1-15-5-7-16(8-6-15)25(20,21)19-11-2-9-17(10-3-12-22-17)18(19)23-13-4-14-24-18/h5-8H,2-4,9-14H2,1H3. The summed E-state index contributed by atoms with van der Waals surface area (Å²) >= 11 is 3.60. The highest BCUT2D eigenvalue weighted by atomic mass is 32.2. The lowest BCUT2D eigenvalue weighted by Crippen LogP contribution is -2.65. The smallest absolute Gasteiger partial charge is 0.245 e. The van der Waals surface area contributed by atoms with Crippen molar-refractivity contribution in [3.8, 4) is 0 Å². The third kappa shape index (κ3) is 2.87. The summed E-state index contributed by atoms with van der Waals surface area (Å²) in [5.74, 6) is 2.00. The van der Waals surface area contributed by atoms with Crippen molar-refractivity contribution in [3.63, 3.8) is 0 Å². The normalized spacial score (nSPS) is 30.1. The first-order valence-corrected chi connectivity index (χ1v) is 12.4. The molecule has 25 heavy (non-hydrogen) atoms. The fourth-order valence-corrected chi connectivity index (χ4v) is 10.4. The van der Waals surface area contributed by atoms with Crippen molar-refractivity contribution in [2.24, 2.45) is 0 Å². The Morgan fingerprint density at radius 2 is 1.72 bits per heavy atom. The number of fused-ring (bicyclic) bond motifs is 1. The van der Waals surface area contributed by atoms with E-state index in [0.717, 1.165) is 55.8 Å². The van der Waals surface area contributed by atoms with Gasteiger partial charge >= 0.3 is 0 Å². The van der Waals surface area contributed by atoms with Crippen LogP contribution >= 0.6 is 23.5 Å². The quantitative estimate of drug-likeness (QED) is 0.756. The van der Waals surface area contributed by atoms with E-state index in [1.54, 1.807) is 40.0 Å². The van der Waals surface area contributed by atoms with Crippen LogP contribution < -0.4 is 0 Å². The molecule has 0 radical (unpaired) electrons. The second-order valence-electron chi connectivity index (χ2n) is 7.07. The minimum atomic E-state index is -3.54. The number of benzene rings is 1. The van der Waals surface area contributed by atoms with Crippen LogP contribution in [-0.2, 0) is 14.8 Å². The van der Waals surface area contributed by atoms with Crippen molar-refractivity contribution in [2.45, 2.75) is 53.7 Å². The highest BCUT2D eigenvalue weighted by molar-refractivity contribution is 8.19. The number of hydrogen-bond donors (Lipinski definition) is 0. The van der Waals surface area contributed by atoms with Crippen LogP contribution in [0.2, 0.25) is 0 Å². The van der Waals surface area contributed by atoms with E-state index in [0.29, 0.717) is 11.4 Å². The molecule has 0 aliphatic carbocycles. The van der Waals surface area contributed by atoms with Crippen molar-refractivity contribution in [3.05, 3.63) is 29.8 Å². The first kappa shape index (κ1) is 18.2. The molecule has 138 valence electrons. The van der Waals surface area contributed by atoms with Gasteiger partial charge in [0, 0.05) is 13.2 Å². The van der Waals surface area contributed by atoms with E-state index in [1.165, 1.54) is 0 Å². The van der Waals surface area contributed by atoms with E-state index in [2.05, 4.69) is 0 Å². The Balaban J connectivity index is 1.79. The fourth-order valence-electron chi connectivity index (χ4n) is 4.23. The highest BCUT2D eigenvalue weighted by Crippen LogP contribution is 2.60. The summed E-state index contributed by atoms with van der Waals surface area (Å²) in [6, 6.07) is 7.25. The Hall–Kier alpha value is -0.210. The van der Waals surface area contributed by atoms with E-state index in [4.69, 9.17) is 4.74 Å². The van der Waals surface area contributed by atoms with Crippen LogP contribution in [0.1, 0.15) is 37.7 Å². The average molecular weight is 400 g/mol. The summed E-state index contributed by atoms with van der Waals surface area (Å²) in [5, 5.41) is 0. The molecule has 0 N–H and O–H groups in total. The van der Waals surface area contributed by atoms with Crippen LogP contribution in [0.5, 0.6) is 0 Å². The van der Waals surface area contributed by atoms with Gasteiger partial charge in [0.1, 0.15) is 5.60 Å². The molecule has 3 heterocycles. The third-order valence-corrected chi connectivity index (χ3v) is 11.2. The van der Waals surface area contributed by atoms with Crippen LogP contribution in [0.15, 0.2) is 29.2 Å². The lowest BCUT2D eigenvalue weighted by atomic mass is 9.90. The number of piperidine rings is 1. The molecule has 1 unspecified atom stereocenters. The molecule has 1 aromatic carbocycles. The molecule has 1 atom stereocenters. The molecule has 1 aromatic rings. The number of aryl methyl sites for hydroxylation is 1. The number of sulfonamides is 1. The summed E-state index contributed by atoms with van der Waals surface area (Å²) in [6.07, 6.45) is 4.96. The van der Waals surface area contributed by atoms with Crippen molar-refractivity contribution < 1.29 is 13.2 Å². The molecule has 0 saturated carbocycles. The zero-order chi connectivity index (χ0) is 17.5. The van der Waals surface area contributed by atoms with E-state index >= 15 is 0 Å². The molecule has 4 nitrogen and oxygen atoms in total. The summed E-state index contributed by atoms with van der Waals surface area (Å²) in [5.41, 5.74) is 0.739. The maximum absolute atomic E-state index is 13.6. The Kier molecular flexibility index (Phi) is 4.90. The van der Waals surface area contributed by atoms with Crippen molar-refractivity contribution >= 4 is 33.5 Å². The van der Waals surface area contributed by atoms with E-state index < -0.39 is 14.2 Å². The number of ether oxygens (including phenoxy) is 1. The molecule has 7 heteroatoms. The van der Waals surface area contributed by atoms with E-state index in [9.17, 15) is 8.42 Å². The summed E-state index contributed by atoms with van der Waals surface area (Å²) in [7, 11) is -3.54. The minimum absolute atomic E-state index is 0.335. The second-order valence-corrected chi connectivity index (χ2v) is 11.8. The molecule has 3 saturated heterocycles. The molecule has 0 aromatic heterocycles. The van der Waals surface area contributed by atoms with Gasteiger partial charge in [-0.15, -0.1) is 23.5 Å². The number of nitrogens with zero attached hydrogens (tertiary/aromatic N) is 1. The van der Waals surface area contributed by atoms with E-state index in [-0.39, 0.29) is 5.60 Å². The van der Waals surface area contributed by atoms with Crippen LogP contribution in [0.3, 0.4) is 0 Å². The van der Waals surface area contributed by atoms with Crippen LogP contribution in [0.25, 0.3) is 0 Å². The zero-order valence-electron chi connectivity index (χ0n) is 14.6. The topological polar surface area (TPSA) is 46.6 Å². The maximum atomic E-state index is 13.6. The van der Waals surface area contributed by atoms with Gasteiger partial charge in [-0.05, 0) is 62.7 Å². The van der Waals surface area contributed by atoms with E-state index in [1.807, 2.05) is 19.1 Å². The second kappa shape index (κ2) is 6.75. The van der Waals surface area contributed by atoms with Gasteiger partial charge in [0.25, 0.3) is 0 Å². The van der Waals surface area contributed by atoms with Crippen LogP contribution in [0, 0.1) is 6.92 Å². The first-order chi connectivity index (χ1) is 12.0. The Bertz CT molecular complexity index is 720. The molecule has 3 aliphatic heterocycles. The van der Waals surface area contributed by atoms with Crippen LogP contribution in [-0.4, -0.2) is 47.2 Å². The predicted octanol–water partition coefficient (Wildman–Crippen LogP) is 3.85. The first-order valence-electron chi connectivity index (χ1n) is 9.02. The van der Waals surface area contributed by atoms with Gasteiger partial charge in [0.05, 0.1) is 4.90 Å². The van der Waals surface area contributed by atoms with Crippen LogP contribution in [0.4, 0.5) is 0 Å². The third-order valence-electron chi connectivity index (χ3n) is 5.44. The Labute approximate surface area is 159 Å².